The minimum Gasteiger partial charge on any atom is -0.413 e. The summed E-state index contributed by atoms with van der Waals surface area (Å²) in [5, 5.41) is 0. The van der Waals surface area contributed by atoms with Crippen LogP contribution >= 0.6 is 0 Å². The van der Waals surface area contributed by atoms with Gasteiger partial charge in [-0.1, -0.05) is 33.3 Å². The molecular formula is C24H38O2Si. The van der Waals surface area contributed by atoms with Crippen molar-refractivity contribution >= 4 is 14.1 Å². The molecule has 0 radical (unpaired) electrons. The normalized spacial score (nSPS) is 36.2. The third-order valence-electron chi connectivity index (χ3n) is 8.97. The van der Waals surface area contributed by atoms with Gasteiger partial charge in [-0.25, -0.2) is 0 Å². The average molecular weight is 387 g/mol. The zero-order valence-electron chi connectivity index (χ0n) is 17.9. The first-order valence-corrected chi connectivity index (χ1v) is 14.1. The lowest BCUT2D eigenvalue weighted by Crippen LogP contribution is -2.48. The van der Waals surface area contributed by atoms with Crippen LogP contribution in [-0.2, 0) is 9.22 Å². The van der Waals surface area contributed by atoms with Crippen molar-refractivity contribution in [3.05, 3.63) is 22.8 Å². The SMILES string of the molecule is CC[Si](CC)(CC)O[C@H]1CC[C@H]2[C@@H]3CCC4=CC(=O)CCC4=C3CC[C@]12C. The predicted octanol–water partition coefficient (Wildman–Crippen LogP) is 6.58. The summed E-state index contributed by atoms with van der Waals surface area (Å²) in [5.74, 6) is 1.91. The Hall–Kier alpha value is -0.673. The van der Waals surface area contributed by atoms with Crippen LogP contribution in [0.25, 0.3) is 0 Å². The van der Waals surface area contributed by atoms with Crippen LogP contribution in [0.5, 0.6) is 0 Å². The molecule has 0 aromatic rings. The average Bonchev–Trinajstić information content (AvgIpc) is 3.02. The smallest absolute Gasteiger partial charge is 0.192 e. The van der Waals surface area contributed by atoms with E-state index >= 15 is 0 Å². The van der Waals surface area contributed by atoms with Gasteiger partial charge in [0.25, 0.3) is 0 Å². The van der Waals surface area contributed by atoms with Crippen molar-refractivity contribution in [2.75, 3.05) is 0 Å². The van der Waals surface area contributed by atoms with Gasteiger partial charge < -0.3 is 4.43 Å². The second-order valence-electron chi connectivity index (χ2n) is 9.82. The summed E-state index contributed by atoms with van der Waals surface area (Å²) in [5.41, 5.74) is 5.10. The number of allylic oxidation sites excluding steroid dienone is 4. The van der Waals surface area contributed by atoms with Crippen molar-refractivity contribution < 1.29 is 9.22 Å². The summed E-state index contributed by atoms with van der Waals surface area (Å²) in [6, 6.07) is 3.79. The third-order valence-corrected chi connectivity index (χ3v) is 13.6. The first-order chi connectivity index (χ1) is 13.0. The van der Waals surface area contributed by atoms with E-state index in [-0.39, 0.29) is 0 Å². The molecule has 2 saturated carbocycles. The van der Waals surface area contributed by atoms with E-state index in [1.165, 1.54) is 55.8 Å². The van der Waals surface area contributed by atoms with Gasteiger partial charge in [-0.3, -0.25) is 4.79 Å². The molecule has 4 rings (SSSR count). The fourth-order valence-corrected chi connectivity index (χ4v) is 9.97. The van der Waals surface area contributed by atoms with Crippen molar-refractivity contribution in [3.63, 3.8) is 0 Å². The van der Waals surface area contributed by atoms with Gasteiger partial charge in [0.15, 0.2) is 14.1 Å². The Balaban J connectivity index is 1.60. The zero-order valence-corrected chi connectivity index (χ0v) is 18.9. The molecule has 4 aliphatic rings. The van der Waals surface area contributed by atoms with Gasteiger partial charge in [-0.05, 0) is 97.6 Å². The molecule has 150 valence electrons. The number of rotatable bonds is 5. The minimum absolute atomic E-state index is 0.350. The predicted molar refractivity (Wildman–Crippen MR) is 114 cm³/mol. The molecule has 0 N–H and O–H groups in total. The van der Waals surface area contributed by atoms with Crippen LogP contribution in [-0.4, -0.2) is 20.2 Å². The molecule has 0 aliphatic heterocycles. The molecule has 0 unspecified atom stereocenters. The van der Waals surface area contributed by atoms with Gasteiger partial charge in [-0.2, -0.15) is 0 Å². The number of carbonyl (C=O) groups is 1. The highest BCUT2D eigenvalue weighted by molar-refractivity contribution is 6.73. The van der Waals surface area contributed by atoms with E-state index in [0.29, 0.717) is 17.3 Å². The van der Waals surface area contributed by atoms with Crippen molar-refractivity contribution in [3.8, 4) is 0 Å². The summed E-state index contributed by atoms with van der Waals surface area (Å²) >= 11 is 0. The van der Waals surface area contributed by atoms with E-state index in [0.717, 1.165) is 31.1 Å². The molecule has 0 amide bonds. The van der Waals surface area contributed by atoms with Gasteiger partial charge in [0.05, 0.1) is 6.10 Å². The van der Waals surface area contributed by atoms with Gasteiger partial charge in [-0.15, -0.1) is 0 Å². The van der Waals surface area contributed by atoms with E-state index in [1.54, 1.807) is 11.1 Å². The number of hydrogen-bond acceptors (Lipinski definition) is 2. The summed E-state index contributed by atoms with van der Waals surface area (Å²) in [4.78, 5) is 11.9. The highest BCUT2D eigenvalue weighted by Crippen LogP contribution is 2.61. The summed E-state index contributed by atoms with van der Waals surface area (Å²) in [6.07, 6.45) is 11.8. The van der Waals surface area contributed by atoms with Crippen LogP contribution in [0.2, 0.25) is 18.1 Å². The van der Waals surface area contributed by atoms with Crippen molar-refractivity contribution in [2.45, 2.75) is 103 Å². The lowest BCUT2D eigenvalue weighted by molar-refractivity contribution is -0.114. The van der Waals surface area contributed by atoms with E-state index in [9.17, 15) is 4.79 Å². The Kier molecular flexibility index (Phi) is 5.31. The Labute approximate surface area is 167 Å². The van der Waals surface area contributed by atoms with Crippen molar-refractivity contribution in [1.82, 2.24) is 0 Å². The molecule has 4 atom stereocenters. The number of fused-ring (bicyclic) bond motifs is 4. The molecule has 2 fully saturated rings. The summed E-state index contributed by atoms with van der Waals surface area (Å²) in [7, 11) is -1.54. The third kappa shape index (κ3) is 3.13. The summed E-state index contributed by atoms with van der Waals surface area (Å²) < 4.78 is 7.09. The minimum atomic E-state index is -1.54. The highest BCUT2D eigenvalue weighted by atomic mass is 28.4. The molecule has 0 aromatic heterocycles. The highest BCUT2D eigenvalue weighted by Gasteiger charge is 2.55. The van der Waals surface area contributed by atoms with E-state index in [1.807, 2.05) is 6.08 Å². The second-order valence-corrected chi connectivity index (χ2v) is 14.5. The topological polar surface area (TPSA) is 26.3 Å². The first kappa shape index (κ1) is 19.6. The zero-order chi connectivity index (χ0) is 19.2. The van der Waals surface area contributed by atoms with Crippen molar-refractivity contribution in [2.24, 2.45) is 17.3 Å². The molecule has 0 saturated heterocycles. The van der Waals surface area contributed by atoms with Crippen LogP contribution < -0.4 is 0 Å². The fourth-order valence-electron chi connectivity index (χ4n) is 6.98. The molecule has 3 heteroatoms. The monoisotopic (exact) mass is 386 g/mol. The maximum absolute atomic E-state index is 11.9. The van der Waals surface area contributed by atoms with Crippen LogP contribution in [0, 0.1) is 17.3 Å². The Morgan fingerprint density at radius 1 is 1.04 bits per heavy atom. The fraction of sp³-hybridized carbons (Fsp3) is 0.792. The molecule has 0 aromatic carbocycles. The Morgan fingerprint density at radius 3 is 2.48 bits per heavy atom. The molecule has 0 heterocycles. The quantitative estimate of drug-likeness (QED) is 0.499. The van der Waals surface area contributed by atoms with E-state index in [2.05, 4.69) is 27.7 Å². The van der Waals surface area contributed by atoms with Crippen LogP contribution in [0.1, 0.15) is 79.1 Å². The number of ketones is 1. The maximum Gasteiger partial charge on any atom is 0.192 e. The Morgan fingerprint density at radius 2 is 1.78 bits per heavy atom. The van der Waals surface area contributed by atoms with Crippen LogP contribution in [0.15, 0.2) is 22.8 Å². The molecule has 4 aliphatic carbocycles. The number of hydrogen-bond donors (Lipinski definition) is 0. The number of carbonyl (C=O) groups excluding carboxylic acids is 1. The van der Waals surface area contributed by atoms with Gasteiger partial charge in [0.1, 0.15) is 0 Å². The standard InChI is InChI=1S/C24H38O2Si/c1-5-27(6-2,7-3)26-23-13-12-22-21-10-8-17-16-18(25)9-11-19(17)20(21)14-15-24(22,23)4/h16,21-23H,5-15H2,1-4H3/t21-,22+,23+,24+/m1/s1. The second kappa shape index (κ2) is 7.30. The van der Waals surface area contributed by atoms with Gasteiger partial charge >= 0.3 is 0 Å². The molecule has 27 heavy (non-hydrogen) atoms. The lowest BCUT2D eigenvalue weighted by atomic mass is 9.57. The molecule has 0 spiro atoms. The van der Waals surface area contributed by atoms with Gasteiger partial charge in [0.2, 0.25) is 0 Å². The van der Waals surface area contributed by atoms with Crippen molar-refractivity contribution in [1.29, 1.82) is 0 Å². The molecule has 2 nitrogen and oxygen atoms in total. The van der Waals surface area contributed by atoms with Gasteiger partial charge in [0, 0.05) is 6.42 Å². The first-order valence-electron chi connectivity index (χ1n) is 11.6. The maximum atomic E-state index is 11.9. The largest absolute Gasteiger partial charge is 0.413 e. The van der Waals surface area contributed by atoms with E-state index < -0.39 is 8.32 Å². The lowest BCUT2D eigenvalue weighted by Gasteiger charge is -2.50. The molecular weight excluding hydrogens is 348 g/mol. The summed E-state index contributed by atoms with van der Waals surface area (Å²) in [6.45, 7) is 9.64. The van der Waals surface area contributed by atoms with Crippen LogP contribution in [0.3, 0.4) is 0 Å². The van der Waals surface area contributed by atoms with Crippen LogP contribution in [0.4, 0.5) is 0 Å². The van der Waals surface area contributed by atoms with E-state index in [4.69, 9.17) is 4.43 Å². The molecule has 0 bridgehead atoms. The Bertz CT molecular complexity index is 664.